The Hall–Kier alpha value is -1.82. The summed E-state index contributed by atoms with van der Waals surface area (Å²) in [6.45, 7) is 5.98. The fraction of sp³-hybridized carbons (Fsp3) is 0.429. The molecule has 0 bridgehead atoms. The predicted octanol–water partition coefficient (Wildman–Crippen LogP) is 2.90. The van der Waals surface area contributed by atoms with Crippen LogP contribution in [0.2, 0.25) is 0 Å². The summed E-state index contributed by atoms with van der Waals surface area (Å²) >= 11 is 0. The summed E-state index contributed by atoms with van der Waals surface area (Å²) in [5, 5.41) is 8.59. The molecule has 90 valence electrons. The van der Waals surface area contributed by atoms with Gasteiger partial charge in [0.25, 0.3) is 0 Å². The highest BCUT2D eigenvalue weighted by Crippen LogP contribution is 2.12. The summed E-state index contributed by atoms with van der Waals surface area (Å²) in [4.78, 5) is 11.4. The van der Waals surface area contributed by atoms with Crippen molar-refractivity contribution in [1.82, 2.24) is 0 Å². The van der Waals surface area contributed by atoms with Gasteiger partial charge < -0.3 is 4.74 Å². The van der Waals surface area contributed by atoms with Crippen LogP contribution in [0.1, 0.15) is 30.0 Å². The maximum atomic E-state index is 11.4. The molecule has 3 nitrogen and oxygen atoms in total. The number of ether oxygens (including phenoxy) is 1. The Morgan fingerprint density at radius 3 is 2.82 bits per heavy atom. The molecule has 1 rings (SSSR count). The summed E-state index contributed by atoms with van der Waals surface area (Å²) in [7, 11) is 0. The minimum absolute atomic E-state index is 0.154. The summed E-state index contributed by atoms with van der Waals surface area (Å²) in [5.41, 5.74) is 3.27. The topological polar surface area (TPSA) is 50.1 Å². The molecule has 0 fully saturated rings. The molecule has 0 aromatic heterocycles. The lowest BCUT2D eigenvalue weighted by atomic mass is 10.1. The number of hydrogen-bond donors (Lipinski definition) is 0. The van der Waals surface area contributed by atoms with E-state index >= 15 is 0 Å². The number of carbonyl (C=O) groups is 1. The Morgan fingerprint density at radius 2 is 2.18 bits per heavy atom. The molecule has 0 heterocycles. The zero-order chi connectivity index (χ0) is 12.8. The molecule has 0 N–H and O–H groups in total. The third-order valence-electron chi connectivity index (χ3n) is 2.59. The second-order valence-corrected chi connectivity index (χ2v) is 4.32. The van der Waals surface area contributed by atoms with Gasteiger partial charge in [0, 0.05) is 0 Å². The molecule has 0 aliphatic heterocycles. The number of nitriles is 1. The molecule has 3 heteroatoms. The molecular weight excluding hydrogens is 214 g/mol. The minimum atomic E-state index is -0.319. The van der Waals surface area contributed by atoms with Gasteiger partial charge in [0.05, 0.1) is 18.4 Å². The van der Waals surface area contributed by atoms with Gasteiger partial charge in [-0.15, -0.1) is 0 Å². The number of hydrogen-bond acceptors (Lipinski definition) is 3. The number of rotatable bonds is 4. The standard InChI is InChI=1S/C14H17NO2/c1-10-4-5-12(3)13(6-10)9-17-14(16)7-11(2)8-15/h4-6,11H,7,9H2,1-3H3. The minimum Gasteiger partial charge on any atom is -0.461 e. The second-order valence-electron chi connectivity index (χ2n) is 4.32. The summed E-state index contributed by atoms with van der Waals surface area (Å²) in [6, 6.07) is 8.06. The van der Waals surface area contributed by atoms with Crippen molar-refractivity contribution in [3.05, 3.63) is 34.9 Å². The van der Waals surface area contributed by atoms with Gasteiger partial charge >= 0.3 is 5.97 Å². The predicted molar refractivity (Wildman–Crippen MR) is 65.1 cm³/mol. The zero-order valence-corrected chi connectivity index (χ0v) is 10.5. The van der Waals surface area contributed by atoms with Crippen molar-refractivity contribution in [3.63, 3.8) is 0 Å². The summed E-state index contributed by atoms with van der Waals surface area (Å²) < 4.78 is 5.15. The van der Waals surface area contributed by atoms with Gasteiger partial charge in [0.1, 0.15) is 6.61 Å². The Kier molecular flexibility index (Phi) is 4.71. The Bertz CT molecular complexity index is 446. The first kappa shape index (κ1) is 13.2. The smallest absolute Gasteiger partial charge is 0.307 e. The van der Waals surface area contributed by atoms with Crippen molar-refractivity contribution in [2.75, 3.05) is 0 Å². The lowest BCUT2D eigenvalue weighted by Gasteiger charge is -2.09. The highest BCUT2D eigenvalue weighted by Gasteiger charge is 2.10. The largest absolute Gasteiger partial charge is 0.461 e. The molecule has 1 atom stereocenters. The van der Waals surface area contributed by atoms with Crippen LogP contribution in [0, 0.1) is 31.1 Å². The SMILES string of the molecule is Cc1ccc(C)c(COC(=O)CC(C)C#N)c1. The molecule has 17 heavy (non-hydrogen) atoms. The van der Waals surface area contributed by atoms with E-state index in [0.717, 1.165) is 16.7 Å². The first-order valence-electron chi connectivity index (χ1n) is 5.64. The average Bonchev–Trinajstić information content (AvgIpc) is 2.30. The molecule has 1 unspecified atom stereocenters. The first-order valence-corrected chi connectivity index (χ1v) is 5.64. The Balaban J connectivity index is 2.53. The van der Waals surface area contributed by atoms with Crippen LogP contribution in [0.3, 0.4) is 0 Å². The number of esters is 1. The monoisotopic (exact) mass is 231 g/mol. The van der Waals surface area contributed by atoms with Crippen LogP contribution < -0.4 is 0 Å². The highest BCUT2D eigenvalue weighted by atomic mass is 16.5. The quantitative estimate of drug-likeness (QED) is 0.749. The molecule has 1 aromatic carbocycles. The maximum absolute atomic E-state index is 11.4. The third kappa shape index (κ3) is 4.28. The van der Waals surface area contributed by atoms with Crippen molar-refractivity contribution in [1.29, 1.82) is 5.26 Å². The van der Waals surface area contributed by atoms with E-state index in [2.05, 4.69) is 0 Å². The molecule has 0 saturated heterocycles. The van der Waals surface area contributed by atoms with Crippen molar-refractivity contribution < 1.29 is 9.53 Å². The summed E-state index contributed by atoms with van der Waals surface area (Å²) in [6.07, 6.45) is 0.154. The second kappa shape index (κ2) is 6.05. The van der Waals surface area contributed by atoms with Crippen LogP contribution in [0.5, 0.6) is 0 Å². The van der Waals surface area contributed by atoms with Gasteiger partial charge in [-0.05, 0) is 31.9 Å². The molecular formula is C14H17NO2. The molecule has 1 aromatic rings. The van der Waals surface area contributed by atoms with E-state index in [-0.39, 0.29) is 24.9 Å². The van der Waals surface area contributed by atoms with Crippen LogP contribution in [0.4, 0.5) is 0 Å². The van der Waals surface area contributed by atoms with Gasteiger partial charge in [0.15, 0.2) is 0 Å². The van der Waals surface area contributed by atoms with Crippen LogP contribution in [0.15, 0.2) is 18.2 Å². The number of aryl methyl sites for hydroxylation is 2. The van der Waals surface area contributed by atoms with Crippen molar-refractivity contribution in [2.45, 2.75) is 33.8 Å². The lowest BCUT2D eigenvalue weighted by Crippen LogP contribution is -2.09. The van der Waals surface area contributed by atoms with E-state index in [1.807, 2.05) is 38.1 Å². The van der Waals surface area contributed by atoms with Crippen LogP contribution in [-0.2, 0) is 16.1 Å². The van der Waals surface area contributed by atoms with E-state index in [9.17, 15) is 4.79 Å². The first-order chi connectivity index (χ1) is 8.02. The van der Waals surface area contributed by atoms with E-state index in [4.69, 9.17) is 10.00 Å². The lowest BCUT2D eigenvalue weighted by molar-refractivity contribution is -0.145. The van der Waals surface area contributed by atoms with E-state index in [0.29, 0.717) is 0 Å². The number of benzene rings is 1. The normalized spacial score (nSPS) is 11.6. The summed E-state index contributed by atoms with van der Waals surface area (Å²) in [5.74, 6) is -0.610. The maximum Gasteiger partial charge on any atom is 0.307 e. The van der Waals surface area contributed by atoms with Crippen LogP contribution in [-0.4, -0.2) is 5.97 Å². The van der Waals surface area contributed by atoms with Crippen molar-refractivity contribution in [3.8, 4) is 6.07 Å². The van der Waals surface area contributed by atoms with Gasteiger partial charge in [-0.3, -0.25) is 4.79 Å². The van der Waals surface area contributed by atoms with E-state index < -0.39 is 0 Å². The fourth-order valence-electron chi connectivity index (χ4n) is 1.47. The van der Waals surface area contributed by atoms with Gasteiger partial charge in [-0.2, -0.15) is 5.26 Å². The van der Waals surface area contributed by atoms with Crippen molar-refractivity contribution in [2.24, 2.45) is 5.92 Å². The van der Waals surface area contributed by atoms with Crippen LogP contribution in [0.25, 0.3) is 0 Å². The molecule has 0 spiro atoms. The average molecular weight is 231 g/mol. The molecule has 0 aliphatic carbocycles. The van der Waals surface area contributed by atoms with E-state index in [1.54, 1.807) is 6.92 Å². The third-order valence-corrected chi connectivity index (χ3v) is 2.59. The van der Waals surface area contributed by atoms with Gasteiger partial charge in [-0.1, -0.05) is 23.8 Å². The Morgan fingerprint density at radius 1 is 1.47 bits per heavy atom. The van der Waals surface area contributed by atoms with E-state index in [1.165, 1.54) is 0 Å². The molecule has 0 amide bonds. The van der Waals surface area contributed by atoms with Crippen molar-refractivity contribution >= 4 is 5.97 Å². The molecule has 0 radical (unpaired) electrons. The number of nitrogens with zero attached hydrogens (tertiary/aromatic N) is 1. The number of carbonyl (C=O) groups excluding carboxylic acids is 1. The zero-order valence-electron chi connectivity index (χ0n) is 10.5. The molecule has 0 aliphatic rings. The van der Waals surface area contributed by atoms with Gasteiger partial charge in [0.2, 0.25) is 0 Å². The fourth-order valence-corrected chi connectivity index (χ4v) is 1.47. The Labute approximate surface area is 102 Å². The van der Waals surface area contributed by atoms with Crippen LogP contribution >= 0.6 is 0 Å². The molecule has 0 saturated carbocycles. The van der Waals surface area contributed by atoms with Gasteiger partial charge in [-0.25, -0.2) is 0 Å². The highest BCUT2D eigenvalue weighted by molar-refractivity contribution is 5.70.